The zero-order chi connectivity index (χ0) is 17.6. The smallest absolute Gasteiger partial charge is 0.338 e. The molecule has 9 heteroatoms. The largest absolute Gasteiger partial charge is 0.451 e. The summed E-state index contributed by atoms with van der Waals surface area (Å²) in [7, 11) is 1.80. The summed E-state index contributed by atoms with van der Waals surface area (Å²) in [6.45, 7) is 1.76. The number of hydrogen-bond donors (Lipinski definition) is 1. The Morgan fingerprint density at radius 1 is 1.36 bits per heavy atom. The van der Waals surface area contributed by atoms with Gasteiger partial charge in [-0.2, -0.15) is 0 Å². The number of nitrogens with zero attached hydrogens (tertiary/aromatic N) is 5. The lowest BCUT2D eigenvalue weighted by Crippen LogP contribution is -2.10. The molecule has 8 nitrogen and oxygen atoms in total. The number of rotatable bonds is 3. The number of aryl methyl sites for hydroxylation is 1. The highest BCUT2D eigenvalue weighted by Crippen LogP contribution is 2.21. The van der Waals surface area contributed by atoms with Crippen LogP contribution in [0.2, 0.25) is 0 Å². The Labute approximate surface area is 150 Å². The summed E-state index contributed by atoms with van der Waals surface area (Å²) in [5.74, 6) is 0.0872. The van der Waals surface area contributed by atoms with E-state index in [1.54, 1.807) is 43.0 Å². The van der Waals surface area contributed by atoms with Crippen molar-refractivity contribution >= 4 is 44.1 Å². The van der Waals surface area contributed by atoms with Gasteiger partial charge < -0.3 is 9.72 Å². The van der Waals surface area contributed by atoms with Crippen LogP contribution < -0.4 is 0 Å². The number of nitrogens with one attached hydrogen (secondary N) is 1. The van der Waals surface area contributed by atoms with Crippen LogP contribution in [-0.4, -0.2) is 35.9 Å². The van der Waals surface area contributed by atoms with Crippen molar-refractivity contribution in [1.82, 2.24) is 29.9 Å². The molecule has 0 radical (unpaired) electrons. The number of H-pyrrole nitrogens is 1. The zero-order valence-corrected chi connectivity index (χ0v) is 15.0. The third kappa shape index (κ3) is 2.86. The molecule has 1 atom stereocenters. The van der Waals surface area contributed by atoms with Gasteiger partial charge in [0, 0.05) is 17.7 Å². The molecular formula is C16H13BrN6O2. The summed E-state index contributed by atoms with van der Waals surface area (Å²) < 4.78 is 8.00. The number of aromatic amines is 1. The SMILES string of the molecule is CC(OC(=O)c1ccc2c(c1)nnn2C)c1nc2ncc(Br)cc2[nH]1. The lowest BCUT2D eigenvalue weighted by atomic mass is 10.2. The molecule has 0 aliphatic heterocycles. The minimum atomic E-state index is -0.543. The maximum absolute atomic E-state index is 12.4. The summed E-state index contributed by atoms with van der Waals surface area (Å²) in [4.78, 5) is 24.1. The molecule has 0 saturated carbocycles. The number of aromatic nitrogens is 6. The van der Waals surface area contributed by atoms with Crippen molar-refractivity contribution in [3.05, 3.63) is 46.3 Å². The van der Waals surface area contributed by atoms with Gasteiger partial charge >= 0.3 is 5.97 Å². The second-order valence-electron chi connectivity index (χ2n) is 5.61. The number of hydrogen-bond acceptors (Lipinski definition) is 6. The second-order valence-corrected chi connectivity index (χ2v) is 6.53. The van der Waals surface area contributed by atoms with Crippen LogP contribution in [0.5, 0.6) is 0 Å². The maximum atomic E-state index is 12.4. The summed E-state index contributed by atoms with van der Waals surface area (Å²) in [5, 5.41) is 7.93. The fourth-order valence-corrected chi connectivity index (χ4v) is 2.87. The molecule has 3 aromatic heterocycles. The molecular weight excluding hydrogens is 388 g/mol. The van der Waals surface area contributed by atoms with Gasteiger partial charge in [0.05, 0.1) is 16.6 Å². The molecule has 0 saturated heterocycles. The van der Waals surface area contributed by atoms with Gasteiger partial charge in [0.25, 0.3) is 0 Å². The number of benzene rings is 1. The molecule has 0 bridgehead atoms. The van der Waals surface area contributed by atoms with E-state index in [2.05, 4.69) is 41.2 Å². The summed E-state index contributed by atoms with van der Waals surface area (Å²) in [6.07, 6.45) is 1.12. The minimum Gasteiger partial charge on any atom is -0.451 e. The van der Waals surface area contributed by atoms with Gasteiger partial charge in [-0.15, -0.1) is 5.10 Å². The number of imidazole rings is 1. The predicted octanol–water partition coefficient (Wildman–Crippen LogP) is 2.92. The van der Waals surface area contributed by atoms with Gasteiger partial charge in [0.2, 0.25) is 0 Å². The molecule has 1 aromatic carbocycles. The third-order valence-corrected chi connectivity index (χ3v) is 4.27. The van der Waals surface area contributed by atoms with E-state index in [1.165, 1.54) is 0 Å². The first-order chi connectivity index (χ1) is 12.0. The lowest BCUT2D eigenvalue weighted by molar-refractivity contribution is 0.0322. The second kappa shape index (κ2) is 5.92. The number of carbonyl (C=O) groups excluding carboxylic acids is 1. The number of ether oxygens (including phenoxy) is 1. The topological polar surface area (TPSA) is 98.6 Å². The van der Waals surface area contributed by atoms with Gasteiger partial charge in [0.15, 0.2) is 11.8 Å². The van der Waals surface area contributed by atoms with Crippen molar-refractivity contribution in [2.24, 2.45) is 7.05 Å². The lowest BCUT2D eigenvalue weighted by Gasteiger charge is -2.10. The molecule has 4 rings (SSSR count). The molecule has 3 heterocycles. The monoisotopic (exact) mass is 400 g/mol. The quantitative estimate of drug-likeness (QED) is 0.530. The summed E-state index contributed by atoms with van der Waals surface area (Å²) >= 11 is 3.36. The number of fused-ring (bicyclic) bond motifs is 2. The van der Waals surface area contributed by atoms with Crippen molar-refractivity contribution in [2.75, 3.05) is 0 Å². The van der Waals surface area contributed by atoms with Crippen LogP contribution in [0.15, 0.2) is 34.9 Å². The standard InChI is InChI=1S/C16H13BrN6O2/c1-8(14-19-12-6-10(17)7-18-15(12)20-14)25-16(24)9-3-4-13-11(5-9)21-22-23(13)2/h3-8H,1-2H3,(H,18,19,20). The van der Waals surface area contributed by atoms with E-state index >= 15 is 0 Å². The van der Waals surface area contributed by atoms with Gasteiger partial charge in [-0.25, -0.2) is 19.4 Å². The molecule has 1 unspecified atom stereocenters. The molecule has 0 fully saturated rings. The Morgan fingerprint density at radius 3 is 3.04 bits per heavy atom. The van der Waals surface area contributed by atoms with E-state index in [0.29, 0.717) is 22.6 Å². The van der Waals surface area contributed by atoms with Crippen molar-refractivity contribution in [3.8, 4) is 0 Å². The van der Waals surface area contributed by atoms with Gasteiger partial charge in [-0.3, -0.25) is 0 Å². The van der Waals surface area contributed by atoms with Crippen molar-refractivity contribution in [2.45, 2.75) is 13.0 Å². The van der Waals surface area contributed by atoms with Gasteiger partial charge in [-0.05, 0) is 47.1 Å². The Morgan fingerprint density at radius 2 is 2.20 bits per heavy atom. The maximum Gasteiger partial charge on any atom is 0.338 e. The molecule has 0 aliphatic rings. The fourth-order valence-electron chi connectivity index (χ4n) is 2.54. The molecule has 0 amide bonds. The van der Waals surface area contributed by atoms with Crippen LogP contribution in [0.3, 0.4) is 0 Å². The zero-order valence-electron chi connectivity index (χ0n) is 13.4. The first-order valence-corrected chi connectivity index (χ1v) is 8.32. The van der Waals surface area contributed by atoms with Crippen molar-refractivity contribution < 1.29 is 9.53 Å². The summed E-state index contributed by atoms with van der Waals surface area (Å²) in [5.41, 5.74) is 3.24. The fraction of sp³-hybridized carbons (Fsp3) is 0.188. The number of pyridine rings is 1. The molecule has 126 valence electrons. The van der Waals surface area contributed by atoms with Gasteiger partial charge in [-0.1, -0.05) is 5.21 Å². The normalized spacial score (nSPS) is 12.6. The third-order valence-electron chi connectivity index (χ3n) is 3.84. The van der Waals surface area contributed by atoms with Gasteiger partial charge in [0.1, 0.15) is 11.3 Å². The van der Waals surface area contributed by atoms with Crippen LogP contribution in [0.1, 0.15) is 29.2 Å². The highest BCUT2D eigenvalue weighted by molar-refractivity contribution is 9.10. The predicted molar refractivity (Wildman–Crippen MR) is 93.9 cm³/mol. The Hall–Kier alpha value is -2.81. The Kier molecular flexibility index (Phi) is 3.72. The highest BCUT2D eigenvalue weighted by Gasteiger charge is 2.18. The van der Waals surface area contributed by atoms with E-state index in [0.717, 1.165) is 15.5 Å². The van der Waals surface area contributed by atoms with E-state index < -0.39 is 12.1 Å². The molecule has 0 spiro atoms. The number of halogens is 1. The number of esters is 1. The van der Waals surface area contributed by atoms with Crippen molar-refractivity contribution in [1.29, 1.82) is 0 Å². The Bertz CT molecular complexity index is 1100. The minimum absolute atomic E-state index is 0.414. The van der Waals surface area contributed by atoms with E-state index in [1.807, 2.05) is 6.07 Å². The Balaban J connectivity index is 1.57. The highest BCUT2D eigenvalue weighted by atomic mass is 79.9. The van der Waals surface area contributed by atoms with Crippen LogP contribution in [0.25, 0.3) is 22.2 Å². The summed E-state index contributed by atoms with van der Waals surface area (Å²) in [6, 6.07) is 7.02. The van der Waals surface area contributed by atoms with E-state index in [-0.39, 0.29) is 0 Å². The van der Waals surface area contributed by atoms with Crippen LogP contribution in [-0.2, 0) is 11.8 Å². The van der Waals surface area contributed by atoms with E-state index in [4.69, 9.17) is 4.74 Å². The van der Waals surface area contributed by atoms with Crippen LogP contribution >= 0.6 is 15.9 Å². The molecule has 0 aliphatic carbocycles. The first-order valence-electron chi connectivity index (χ1n) is 7.53. The first kappa shape index (κ1) is 15.7. The van der Waals surface area contributed by atoms with E-state index in [9.17, 15) is 4.79 Å². The van der Waals surface area contributed by atoms with Crippen LogP contribution in [0, 0.1) is 0 Å². The molecule has 1 N–H and O–H groups in total. The molecule has 4 aromatic rings. The van der Waals surface area contributed by atoms with Crippen molar-refractivity contribution in [3.63, 3.8) is 0 Å². The van der Waals surface area contributed by atoms with Crippen LogP contribution in [0.4, 0.5) is 0 Å². The molecule has 25 heavy (non-hydrogen) atoms. The number of carbonyl (C=O) groups is 1. The average Bonchev–Trinajstić information content (AvgIpc) is 3.18. The average molecular weight is 401 g/mol.